The minimum atomic E-state index is -1.09. The van der Waals surface area contributed by atoms with Crippen LogP contribution in [0, 0.1) is 0 Å². The number of para-hydroxylation sites is 3. The van der Waals surface area contributed by atoms with E-state index in [4.69, 9.17) is 4.74 Å². The van der Waals surface area contributed by atoms with Crippen LogP contribution in [0.4, 0.5) is 10.1 Å². The fourth-order valence-corrected chi connectivity index (χ4v) is 4.20. The van der Waals surface area contributed by atoms with Crippen LogP contribution < -0.4 is 9.64 Å². The van der Waals surface area contributed by atoms with E-state index < -0.39 is 12.6 Å². The first-order valence-electron chi connectivity index (χ1n) is 10.8. The lowest BCUT2D eigenvalue weighted by molar-refractivity contribution is -0.119. The molecule has 0 radical (unpaired) electrons. The summed E-state index contributed by atoms with van der Waals surface area (Å²) in [6.07, 6.45) is 0. The van der Waals surface area contributed by atoms with Gasteiger partial charge in [-0.1, -0.05) is 78.9 Å². The maximum atomic E-state index is 13.8. The van der Waals surface area contributed by atoms with Crippen molar-refractivity contribution in [2.75, 3.05) is 11.6 Å². The Morgan fingerprint density at radius 1 is 0.727 bits per heavy atom. The molecule has 33 heavy (non-hydrogen) atoms. The second kappa shape index (κ2) is 9.13. The number of rotatable bonds is 6. The highest BCUT2D eigenvalue weighted by Gasteiger charge is 2.22. The fraction of sp³-hybridized carbons (Fsp3) is 0.0690. The molecule has 3 nitrogen and oxygen atoms in total. The highest BCUT2D eigenvalue weighted by atomic mass is 19.1. The molecule has 4 heteroatoms. The summed E-state index contributed by atoms with van der Waals surface area (Å²) in [7, 11) is 0. The average molecular weight is 435 g/mol. The number of ether oxygens (including phenoxy) is 1. The minimum absolute atomic E-state index is 0.222. The van der Waals surface area contributed by atoms with Crippen molar-refractivity contribution in [3.05, 3.63) is 115 Å². The van der Waals surface area contributed by atoms with Crippen molar-refractivity contribution in [3.8, 4) is 11.5 Å². The van der Waals surface area contributed by atoms with Gasteiger partial charge < -0.3 is 9.64 Å². The molecule has 0 aliphatic heterocycles. The van der Waals surface area contributed by atoms with Crippen molar-refractivity contribution >= 4 is 33.1 Å². The Balaban J connectivity index is 1.65. The summed E-state index contributed by atoms with van der Waals surface area (Å²) in [6.45, 7) is -0.873. The van der Waals surface area contributed by atoms with Crippen LogP contribution in [0.3, 0.4) is 0 Å². The van der Waals surface area contributed by atoms with Crippen LogP contribution in [0.1, 0.15) is 5.56 Å². The molecule has 0 bridgehead atoms. The lowest BCUT2D eigenvalue weighted by atomic mass is 9.96. The van der Waals surface area contributed by atoms with E-state index in [0.29, 0.717) is 17.2 Å². The van der Waals surface area contributed by atoms with Gasteiger partial charge in [0.05, 0.1) is 12.2 Å². The van der Waals surface area contributed by atoms with Gasteiger partial charge in [0.2, 0.25) is 0 Å². The van der Waals surface area contributed by atoms with Gasteiger partial charge in [-0.15, -0.1) is 0 Å². The number of hydrogen-bond acceptors (Lipinski definition) is 2. The van der Waals surface area contributed by atoms with Crippen molar-refractivity contribution in [3.63, 3.8) is 0 Å². The molecule has 1 amide bonds. The van der Waals surface area contributed by atoms with E-state index in [1.165, 1.54) is 4.90 Å². The Bertz CT molecular complexity index is 1380. The first-order chi connectivity index (χ1) is 16.2. The summed E-state index contributed by atoms with van der Waals surface area (Å²) in [4.78, 5) is 14.4. The molecule has 0 unspecified atom stereocenters. The predicted molar refractivity (Wildman–Crippen MR) is 132 cm³/mol. The van der Waals surface area contributed by atoms with Gasteiger partial charge in [0.15, 0.2) is 12.4 Å². The Hall–Kier alpha value is -4.18. The van der Waals surface area contributed by atoms with Crippen LogP contribution in [0.15, 0.2) is 109 Å². The second-order valence-electron chi connectivity index (χ2n) is 7.79. The smallest absolute Gasteiger partial charge is 0.258 e. The van der Waals surface area contributed by atoms with Crippen molar-refractivity contribution in [2.24, 2.45) is 0 Å². The zero-order valence-corrected chi connectivity index (χ0v) is 17.9. The van der Waals surface area contributed by atoms with Gasteiger partial charge in [-0.3, -0.25) is 4.79 Å². The first kappa shape index (κ1) is 20.7. The summed E-state index contributed by atoms with van der Waals surface area (Å²) >= 11 is 0. The molecule has 5 aromatic rings. The molecule has 0 aromatic heterocycles. The number of amides is 1. The molecule has 0 atom stereocenters. The second-order valence-corrected chi connectivity index (χ2v) is 7.79. The zero-order valence-electron chi connectivity index (χ0n) is 17.9. The van der Waals surface area contributed by atoms with E-state index in [1.54, 1.807) is 12.1 Å². The maximum absolute atomic E-state index is 13.8. The van der Waals surface area contributed by atoms with E-state index in [9.17, 15) is 9.18 Å². The zero-order chi connectivity index (χ0) is 22.6. The van der Waals surface area contributed by atoms with E-state index in [0.717, 1.165) is 27.1 Å². The topological polar surface area (TPSA) is 29.5 Å². The molecule has 0 aliphatic rings. The molecular formula is C29H22FNO2. The van der Waals surface area contributed by atoms with Crippen molar-refractivity contribution < 1.29 is 13.9 Å². The number of carbonyl (C=O) groups excluding carboxylic acids is 1. The molecular weight excluding hydrogens is 413 g/mol. The number of carbonyl (C=O) groups is 1. The SMILES string of the molecule is O=C(CF)N(Cc1c2ccccc2cc2ccccc12)c1ccccc1Oc1ccccc1. The highest BCUT2D eigenvalue weighted by molar-refractivity contribution is 6.04. The van der Waals surface area contributed by atoms with Gasteiger partial charge in [-0.25, -0.2) is 4.39 Å². The van der Waals surface area contributed by atoms with Crippen LogP contribution in [0.5, 0.6) is 11.5 Å². The van der Waals surface area contributed by atoms with E-state index in [-0.39, 0.29) is 6.54 Å². The molecule has 0 spiro atoms. The number of fused-ring (bicyclic) bond motifs is 2. The quantitative estimate of drug-likeness (QED) is 0.262. The van der Waals surface area contributed by atoms with Gasteiger partial charge in [-0.2, -0.15) is 0 Å². The number of nitrogens with zero attached hydrogens (tertiary/aromatic N) is 1. The maximum Gasteiger partial charge on any atom is 0.258 e. The normalized spacial score (nSPS) is 10.9. The van der Waals surface area contributed by atoms with Crippen LogP contribution in [-0.4, -0.2) is 12.6 Å². The van der Waals surface area contributed by atoms with Crippen LogP contribution in [0.25, 0.3) is 21.5 Å². The summed E-state index contributed by atoms with van der Waals surface area (Å²) in [5.74, 6) is 0.527. The average Bonchev–Trinajstić information content (AvgIpc) is 2.87. The van der Waals surface area contributed by atoms with Crippen molar-refractivity contribution in [1.29, 1.82) is 0 Å². The van der Waals surface area contributed by atoms with Gasteiger partial charge in [0.1, 0.15) is 5.75 Å². The third kappa shape index (κ3) is 4.15. The lowest BCUT2D eigenvalue weighted by Crippen LogP contribution is -2.32. The number of alkyl halides is 1. The van der Waals surface area contributed by atoms with Gasteiger partial charge >= 0.3 is 0 Å². The lowest BCUT2D eigenvalue weighted by Gasteiger charge is -2.25. The molecule has 0 saturated heterocycles. The van der Waals surface area contributed by atoms with E-state index >= 15 is 0 Å². The van der Waals surface area contributed by atoms with Crippen molar-refractivity contribution in [2.45, 2.75) is 6.54 Å². The number of halogens is 1. The van der Waals surface area contributed by atoms with Gasteiger partial charge in [-0.05, 0) is 57.4 Å². The molecule has 0 saturated carbocycles. The predicted octanol–water partition coefficient (Wildman–Crippen LogP) is 7.29. The van der Waals surface area contributed by atoms with Gasteiger partial charge in [0, 0.05) is 0 Å². The molecule has 0 aliphatic carbocycles. The molecule has 0 N–H and O–H groups in total. The third-order valence-electron chi connectivity index (χ3n) is 5.74. The number of hydrogen-bond donors (Lipinski definition) is 0. The highest BCUT2D eigenvalue weighted by Crippen LogP contribution is 2.36. The van der Waals surface area contributed by atoms with E-state index in [1.807, 2.05) is 78.9 Å². The summed E-state index contributed by atoms with van der Waals surface area (Å²) in [5, 5.41) is 4.23. The largest absolute Gasteiger partial charge is 0.455 e. The van der Waals surface area contributed by atoms with Crippen LogP contribution >= 0.6 is 0 Å². The summed E-state index contributed by atoms with van der Waals surface area (Å²) in [5.41, 5.74) is 1.50. The minimum Gasteiger partial charge on any atom is -0.455 e. The standard InChI is InChI=1S/C29H22FNO2/c30-19-29(32)31(27-16-8-9-17-28(27)33-23-12-2-1-3-13-23)20-26-24-14-6-4-10-21(24)18-22-11-5-7-15-25(22)26/h1-18H,19-20H2. The fourth-order valence-electron chi connectivity index (χ4n) is 4.20. The van der Waals surface area contributed by atoms with Crippen LogP contribution in [-0.2, 0) is 11.3 Å². The third-order valence-corrected chi connectivity index (χ3v) is 5.74. The molecule has 5 aromatic carbocycles. The molecule has 0 heterocycles. The number of benzene rings is 5. The summed E-state index contributed by atoms with van der Waals surface area (Å²) in [6, 6.07) is 34.9. The first-order valence-corrected chi connectivity index (χ1v) is 10.8. The molecule has 0 fully saturated rings. The Kier molecular flexibility index (Phi) is 5.73. The Morgan fingerprint density at radius 2 is 1.30 bits per heavy atom. The molecule has 5 rings (SSSR count). The van der Waals surface area contributed by atoms with Crippen molar-refractivity contribution in [1.82, 2.24) is 0 Å². The number of anilines is 1. The van der Waals surface area contributed by atoms with Gasteiger partial charge in [0.25, 0.3) is 5.91 Å². The molecule has 162 valence electrons. The van der Waals surface area contributed by atoms with Crippen LogP contribution in [0.2, 0.25) is 0 Å². The monoisotopic (exact) mass is 435 g/mol. The Morgan fingerprint density at radius 3 is 1.97 bits per heavy atom. The Labute approximate surface area is 191 Å². The van der Waals surface area contributed by atoms with E-state index in [2.05, 4.69) is 18.2 Å². The summed E-state index contributed by atoms with van der Waals surface area (Å²) < 4.78 is 19.9.